The van der Waals surface area contributed by atoms with Gasteiger partial charge in [0.1, 0.15) is 5.82 Å². The number of benzene rings is 3. The highest BCUT2D eigenvalue weighted by Gasteiger charge is 2.12. The Bertz CT molecular complexity index is 1260. The molecule has 0 aliphatic carbocycles. The van der Waals surface area contributed by atoms with Gasteiger partial charge >= 0.3 is 0 Å². The Kier molecular flexibility index (Phi) is 5.13. The van der Waals surface area contributed by atoms with Gasteiger partial charge < -0.3 is 0 Å². The standard InChI is InChI=1S/C26H24N2O/c1-4-20-10-12-21(13-11-20)14-16-25-27-23-8-6-5-7-22(23)26(29)28(25)24-15-9-18(2)17-19(24)3/h5-17H,4H2,1-3H3. The monoisotopic (exact) mass is 380 g/mol. The zero-order valence-electron chi connectivity index (χ0n) is 17.0. The maximum atomic E-state index is 13.4. The molecule has 3 aromatic carbocycles. The predicted molar refractivity (Wildman–Crippen MR) is 122 cm³/mol. The SMILES string of the molecule is CCc1ccc(C=Cc2nc3ccccc3c(=O)n2-c2ccc(C)cc2C)cc1. The summed E-state index contributed by atoms with van der Waals surface area (Å²) in [6.07, 6.45) is 4.95. The van der Waals surface area contributed by atoms with E-state index in [2.05, 4.69) is 44.2 Å². The molecule has 144 valence electrons. The quantitative estimate of drug-likeness (QED) is 0.453. The molecule has 0 fully saturated rings. The topological polar surface area (TPSA) is 34.9 Å². The maximum Gasteiger partial charge on any atom is 0.266 e. The first-order chi connectivity index (χ1) is 14.1. The van der Waals surface area contributed by atoms with Crippen molar-refractivity contribution in [3.8, 4) is 5.69 Å². The van der Waals surface area contributed by atoms with Gasteiger partial charge in [-0.15, -0.1) is 0 Å². The van der Waals surface area contributed by atoms with E-state index in [-0.39, 0.29) is 5.56 Å². The first kappa shape index (κ1) is 18.9. The molecule has 0 N–H and O–H groups in total. The normalized spacial score (nSPS) is 11.4. The molecule has 0 radical (unpaired) electrons. The molecule has 3 nitrogen and oxygen atoms in total. The van der Waals surface area contributed by atoms with Crippen molar-refractivity contribution in [3.63, 3.8) is 0 Å². The minimum absolute atomic E-state index is 0.0523. The van der Waals surface area contributed by atoms with Crippen LogP contribution in [0.5, 0.6) is 0 Å². The summed E-state index contributed by atoms with van der Waals surface area (Å²) in [5.74, 6) is 0.625. The Morgan fingerprint density at radius 1 is 0.931 bits per heavy atom. The van der Waals surface area contributed by atoms with Crippen molar-refractivity contribution < 1.29 is 0 Å². The van der Waals surface area contributed by atoms with Crippen LogP contribution < -0.4 is 5.56 Å². The van der Waals surface area contributed by atoms with Gasteiger partial charge in [0.2, 0.25) is 0 Å². The van der Waals surface area contributed by atoms with E-state index in [9.17, 15) is 4.79 Å². The molecule has 0 bridgehead atoms. The van der Waals surface area contributed by atoms with Crippen LogP contribution in [-0.4, -0.2) is 9.55 Å². The summed E-state index contributed by atoms with van der Waals surface area (Å²) in [5, 5.41) is 0.622. The lowest BCUT2D eigenvalue weighted by Crippen LogP contribution is -2.23. The minimum Gasteiger partial charge on any atom is -0.268 e. The van der Waals surface area contributed by atoms with Crippen LogP contribution in [0.25, 0.3) is 28.7 Å². The van der Waals surface area contributed by atoms with Gasteiger partial charge in [-0.3, -0.25) is 9.36 Å². The summed E-state index contributed by atoms with van der Waals surface area (Å²) in [6, 6.07) is 22.1. The summed E-state index contributed by atoms with van der Waals surface area (Å²) >= 11 is 0. The number of hydrogen-bond donors (Lipinski definition) is 0. The second-order valence-electron chi connectivity index (χ2n) is 7.35. The summed E-state index contributed by atoms with van der Waals surface area (Å²) < 4.78 is 1.72. The highest BCUT2D eigenvalue weighted by molar-refractivity contribution is 5.80. The fourth-order valence-electron chi connectivity index (χ4n) is 3.59. The van der Waals surface area contributed by atoms with Gasteiger partial charge in [-0.1, -0.05) is 67.1 Å². The predicted octanol–water partition coefficient (Wildman–Crippen LogP) is 5.74. The van der Waals surface area contributed by atoms with Crippen molar-refractivity contribution in [1.29, 1.82) is 0 Å². The smallest absolute Gasteiger partial charge is 0.266 e. The molecule has 0 aliphatic heterocycles. The van der Waals surface area contributed by atoms with E-state index in [1.165, 1.54) is 11.1 Å². The Balaban J connectivity index is 1.91. The molecule has 0 aliphatic rings. The van der Waals surface area contributed by atoms with Crippen LogP contribution in [0.15, 0.2) is 71.5 Å². The average molecular weight is 380 g/mol. The van der Waals surface area contributed by atoms with Crippen LogP contribution in [0.1, 0.15) is 35.0 Å². The van der Waals surface area contributed by atoms with Gasteiger partial charge in [0.25, 0.3) is 5.56 Å². The summed E-state index contributed by atoms with van der Waals surface area (Å²) in [7, 11) is 0. The lowest BCUT2D eigenvalue weighted by molar-refractivity contribution is 0.933. The summed E-state index contributed by atoms with van der Waals surface area (Å²) in [4.78, 5) is 18.2. The van der Waals surface area contributed by atoms with Crippen LogP contribution in [0.4, 0.5) is 0 Å². The number of aryl methyl sites for hydroxylation is 3. The Labute approximate surface area is 171 Å². The highest BCUT2D eigenvalue weighted by Crippen LogP contribution is 2.19. The Morgan fingerprint density at radius 2 is 1.69 bits per heavy atom. The van der Waals surface area contributed by atoms with Gasteiger partial charge in [0.05, 0.1) is 16.6 Å². The molecule has 0 amide bonds. The fourth-order valence-corrected chi connectivity index (χ4v) is 3.59. The summed E-state index contributed by atoms with van der Waals surface area (Å²) in [5.41, 5.74) is 6.12. The number of nitrogens with zero attached hydrogens (tertiary/aromatic N) is 2. The largest absolute Gasteiger partial charge is 0.268 e. The Hall–Kier alpha value is -3.46. The summed E-state index contributed by atoms with van der Waals surface area (Å²) in [6.45, 7) is 6.23. The van der Waals surface area contributed by atoms with E-state index in [1.807, 2.05) is 55.5 Å². The number of aromatic nitrogens is 2. The van der Waals surface area contributed by atoms with Crippen LogP contribution in [-0.2, 0) is 6.42 Å². The third kappa shape index (κ3) is 3.77. The molecule has 4 aromatic rings. The van der Waals surface area contributed by atoms with Crippen LogP contribution >= 0.6 is 0 Å². The van der Waals surface area contributed by atoms with E-state index >= 15 is 0 Å². The zero-order valence-corrected chi connectivity index (χ0v) is 17.0. The van der Waals surface area contributed by atoms with Crippen molar-refractivity contribution in [2.24, 2.45) is 0 Å². The molecule has 4 rings (SSSR count). The Morgan fingerprint density at radius 3 is 2.41 bits per heavy atom. The number of fused-ring (bicyclic) bond motifs is 1. The molecule has 1 heterocycles. The van der Waals surface area contributed by atoms with Crippen molar-refractivity contribution in [2.45, 2.75) is 27.2 Å². The van der Waals surface area contributed by atoms with Gasteiger partial charge in [0.15, 0.2) is 0 Å². The van der Waals surface area contributed by atoms with Crippen molar-refractivity contribution in [1.82, 2.24) is 9.55 Å². The fraction of sp³-hybridized carbons (Fsp3) is 0.154. The molecule has 1 aromatic heterocycles. The van der Waals surface area contributed by atoms with Crippen molar-refractivity contribution in [3.05, 3.63) is 105 Å². The van der Waals surface area contributed by atoms with Crippen molar-refractivity contribution in [2.75, 3.05) is 0 Å². The number of rotatable bonds is 4. The van der Waals surface area contributed by atoms with Crippen molar-refractivity contribution >= 4 is 23.1 Å². The van der Waals surface area contributed by atoms with E-state index in [0.29, 0.717) is 16.7 Å². The van der Waals surface area contributed by atoms with Gasteiger partial charge in [0, 0.05) is 0 Å². The van der Waals surface area contributed by atoms with E-state index in [4.69, 9.17) is 4.98 Å². The lowest BCUT2D eigenvalue weighted by atomic mass is 10.1. The number of para-hydroxylation sites is 1. The molecule has 0 saturated heterocycles. The zero-order chi connectivity index (χ0) is 20.4. The molecule has 0 saturated carbocycles. The minimum atomic E-state index is -0.0523. The van der Waals surface area contributed by atoms with E-state index in [0.717, 1.165) is 23.2 Å². The van der Waals surface area contributed by atoms with Gasteiger partial charge in [-0.05, 0) is 61.2 Å². The van der Waals surface area contributed by atoms with E-state index < -0.39 is 0 Å². The van der Waals surface area contributed by atoms with Crippen LogP contribution in [0.2, 0.25) is 0 Å². The molecule has 0 spiro atoms. The molecule has 0 atom stereocenters. The third-order valence-corrected chi connectivity index (χ3v) is 5.21. The molecule has 0 unspecified atom stereocenters. The van der Waals surface area contributed by atoms with Crippen LogP contribution in [0, 0.1) is 13.8 Å². The highest BCUT2D eigenvalue weighted by atomic mass is 16.1. The van der Waals surface area contributed by atoms with E-state index in [1.54, 1.807) is 4.57 Å². The molecular formula is C26H24N2O. The first-order valence-electron chi connectivity index (χ1n) is 9.93. The van der Waals surface area contributed by atoms with Gasteiger partial charge in [-0.2, -0.15) is 0 Å². The first-order valence-corrected chi connectivity index (χ1v) is 9.93. The lowest BCUT2D eigenvalue weighted by Gasteiger charge is -2.14. The third-order valence-electron chi connectivity index (χ3n) is 5.21. The average Bonchev–Trinajstić information content (AvgIpc) is 2.73. The second-order valence-corrected chi connectivity index (χ2v) is 7.35. The maximum absolute atomic E-state index is 13.4. The van der Waals surface area contributed by atoms with Gasteiger partial charge in [-0.25, -0.2) is 4.98 Å². The van der Waals surface area contributed by atoms with Crippen LogP contribution in [0.3, 0.4) is 0 Å². The molecule has 29 heavy (non-hydrogen) atoms. The molecule has 3 heteroatoms. The second kappa shape index (κ2) is 7.88. The molecular weight excluding hydrogens is 356 g/mol. The number of hydrogen-bond acceptors (Lipinski definition) is 2.